The highest BCUT2D eigenvalue weighted by atomic mass is 19.1. The van der Waals surface area contributed by atoms with Gasteiger partial charge in [-0.25, -0.2) is 4.39 Å². The molecule has 102 valence electrons. The summed E-state index contributed by atoms with van der Waals surface area (Å²) in [5.41, 5.74) is 0.141. The second-order valence-electron chi connectivity index (χ2n) is 5.28. The SMILES string of the molecule is O=[N+]([O-])c1ccc(NC2CCN(C3CC3)C2)c(F)c1. The quantitative estimate of drug-likeness (QED) is 0.670. The van der Waals surface area contributed by atoms with Crippen molar-refractivity contribution < 1.29 is 9.31 Å². The van der Waals surface area contributed by atoms with Crippen molar-refractivity contribution >= 4 is 11.4 Å². The lowest BCUT2D eigenvalue weighted by Gasteiger charge is -2.16. The predicted molar refractivity (Wildman–Crippen MR) is 69.7 cm³/mol. The molecule has 0 amide bonds. The van der Waals surface area contributed by atoms with Crippen molar-refractivity contribution in [2.75, 3.05) is 18.4 Å². The van der Waals surface area contributed by atoms with E-state index >= 15 is 0 Å². The first-order chi connectivity index (χ1) is 9.13. The molecular weight excluding hydrogens is 249 g/mol. The predicted octanol–water partition coefficient (Wildman–Crippen LogP) is 2.38. The maximum absolute atomic E-state index is 13.8. The van der Waals surface area contributed by atoms with E-state index in [0.717, 1.165) is 31.6 Å². The molecule has 1 heterocycles. The number of nitro benzene ring substituents is 1. The molecule has 0 bridgehead atoms. The number of hydrogen-bond donors (Lipinski definition) is 1. The van der Waals surface area contributed by atoms with Crippen molar-refractivity contribution in [3.63, 3.8) is 0 Å². The molecule has 19 heavy (non-hydrogen) atoms. The van der Waals surface area contributed by atoms with E-state index in [4.69, 9.17) is 0 Å². The molecule has 1 atom stereocenters. The minimum absolute atomic E-state index is 0.214. The van der Waals surface area contributed by atoms with Crippen molar-refractivity contribution in [3.8, 4) is 0 Å². The van der Waals surface area contributed by atoms with E-state index in [0.29, 0.717) is 5.69 Å². The Hall–Kier alpha value is -1.69. The van der Waals surface area contributed by atoms with Gasteiger partial charge in [-0.1, -0.05) is 0 Å². The Morgan fingerprint density at radius 3 is 2.79 bits per heavy atom. The molecule has 3 rings (SSSR count). The summed E-state index contributed by atoms with van der Waals surface area (Å²) in [6, 6.07) is 4.72. The average molecular weight is 265 g/mol. The van der Waals surface area contributed by atoms with E-state index in [1.165, 1.54) is 25.0 Å². The van der Waals surface area contributed by atoms with Gasteiger partial charge >= 0.3 is 0 Å². The van der Waals surface area contributed by atoms with Gasteiger partial charge in [-0.05, 0) is 25.3 Å². The van der Waals surface area contributed by atoms with Gasteiger partial charge in [0.25, 0.3) is 5.69 Å². The summed E-state index contributed by atoms with van der Waals surface area (Å²) < 4.78 is 13.8. The van der Waals surface area contributed by atoms with Crippen molar-refractivity contribution in [3.05, 3.63) is 34.1 Å². The van der Waals surface area contributed by atoms with E-state index < -0.39 is 10.7 Å². The van der Waals surface area contributed by atoms with Gasteiger partial charge in [0.2, 0.25) is 0 Å². The Kier molecular flexibility index (Phi) is 3.10. The number of anilines is 1. The molecule has 1 aromatic carbocycles. The Balaban J connectivity index is 1.65. The normalized spacial score (nSPS) is 23.5. The zero-order valence-electron chi connectivity index (χ0n) is 10.5. The number of rotatable bonds is 4. The van der Waals surface area contributed by atoms with Gasteiger partial charge in [-0.3, -0.25) is 15.0 Å². The maximum atomic E-state index is 13.8. The minimum Gasteiger partial charge on any atom is -0.379 e. The zero-order valence-corrected chi connectivity index (χ0v) is 10.5. The van der Waals surface area contributed by atoms with Crippen LogP contribution in [0.15, 0.2) is 18.2 Å². The summed E-state index contributed by atoms with van der Waals surface area (Å²) >= 11 is 0. The number of benzene rings is 1. The number of non-ortho nitro benzene ring substituents is 1. The van der Waals surface area contributed by atoms with Crippen LogP contribution in [0, 0.1) is 15.9 Å². The van der Waals surface area contributed by atoms with Crippen molar-refractivity contribution in [1.82, 2.24) is 4.90 Å². The molecule has 5 nitrogen and oxygen atoms in total. The Labute approximate surface area is 110 Å². The van der Waals surface area contributed by atoms with Crippen LogP contribution in [0.5, 0.6) is 0 Å². The third kappa shape index (κ3) is 2.68. The van der Waals surface area contributed by atoms with E-state index in [9.17, 15) is 14.5 Å². The Bertz CT molecular complexity index is 505. The highest BCUT2D eigenvalue weighted by molar-refractivity contribution is 5.50. The van der Waals surface area contributed by atoms with Crippen LogP contribution in [0.25, 0.3) is 0 Å². The molecular formula is C13H16FN3O2. The van der Waals surface area contributed by atoms with Gasteiger partial charge in [0.05, 0.1) is 16.7 Å². The molecule has 1 unspecified atom stereocenters. The number of nitro groups is 1. The third-order valence-corrected chi connectivity index (χ3v) is 3.81. The second kappa shape index (κ2) is 4.77. The van der Waals surface area contributed by atoms with Crippen molar-refractivity contribution in [1.29, 1.82) is 0 Å². The van der Waals surface area contributed by atoms with Gasteiger partial charge in [0, 0.05) is 31.2 Å². The molecule has 1 saturated heterocycles. The maximum Gasteiger partial charge on any atom is 0.272 e. The average Bonchev–Trinajstić information content (AvgIpc) is 3.12. The monoisotopic (exact) mass is 265 g/mol. The topological polar surface area (TPSA) is 58.4 Å². The number of halogens is 1. The van der Waals surface area contributed by atoms with Crippen molar-refractivity contribution in [2.24, 2.45) is 0 Å². The number of hydrogen-bond acceptors (Lipinski definition) is 4. The van der Waals surface area contributed by atoms with Gasteiger partial charge in [0.15, 0.2) is 5.82 Å². The van der Waals surface area contributed by atoms with E-state index in [-0.39, 0.29) is 11.7 Å². The van der Waals surface area contributed by atoms with Gasteiger partial charge in [-0.15, -0.1) is 0 Å². The highest BCUT2D eigenvalue weighted by Crippen LogP contribution is 2.31. The number of nitrogens with one attached hydrogen (secondary N) is 1. The summed E-state index contributed by atoms with van der Waals surface area (Å²) in [6.45, 7) is 1.98. The highest BCUT2D eigenvalue weighted by Gasteiger charge is 2.34. The molecule has 6 heteroatoms. The van der Waals surface area contributed by atoms with Gasteiger partial charge in [-0.2, -0.15) is 0 Å². The first-order valence-electron chi connectivity index (χ1n) is 6.58. The fraction of sp³-hybridized carbons (Fsp3) is 0.538. The Morgan fingerprint density at radius 2 is 2.16 bits per heavy atom. The number of nitrogens with zero attached hydrogens (tertiary/aromatic N) is 2. The van der Waals surface area contributed by atoms with Gasteiger partial charge in [0.1, 0.15) is 0 Å². The summed E-state index contributed by atoms with van der Waals surface area (Å²) in [7, 11) is 0. The largest absolute Gasteiger partial charge is 0.379 e. The molecule has 1 aliphatic carbocycles. The van der Waals surface area contributed by atoms with Crippen LogP contribution >= 0.6 is 0 Å². The van der Waals surface area contributed by atoms with Crippen LogP contribution in [0.4, 0.5) is 15.8 Å². The van der Waals surface area contributed by atoms with Crippen LogP contribution in [0.1, 0.15) is 19.3 Å². The van der Waals surface area contributed by atoms with Crippen LogP contribution < -0.4 is 5.32 Å². The standard InChI is InChI=1S/C13H16FN3O2/c14-12-7-11(17(18)19)3-4-13(12)15-9-5-6-16(8-9)10-1-2-10/h3-4,7,9-10,15H,1-2,5-6,8H2. The fourth-order valence-electron chi connectivity index (χ4n) is 2.63. The van der Waals surface area contributed by atoms with Crippen LogP contribution in [-0.4, -0.2) is 35.0 Å². The molecule has 0 spiro atoms. The summed E-state index contributed by atoms with van der Waals surface area (Å²) in [4.78, 5) is 12.4. The van der Waals surface area contributed by atoms with Gasteiger partial charge < -0.3 is 5.32 Å². The fourth-order valence-corrected chi connectivity index (χ4v) is 2.63. The zero-order chi connectivity index (χ0) is 13.4. The lowest BCUT2D eigenvalue weighted by atomic mass is 10.2. The molecule has 1 aliphatic heterocycles. The molecule has 1 N–H and O–H groups in total. The van der Waals surface area contributed by atoms with Crippen LogP contribution in [0.3, 0.4) is 0 Å². The smallest absolute Gasteiger partial charge is 0.272 e. The van der Waals surface area contributed by atoms with Crippen LogP contribution in [-0.2, 0) is 0 Å². The molecule has 0 radical (unpaired) electrons. The molecule has 2 aliphatic rings. The summed E-state index contributed by atoms with van der Waals surface area (Å²) in [5.74, 6) is -0.556. The number of likely N-dealkylation sites (tertiary alicyclic amines) is 1. The lowest BCUT2D eigenvalue weighted by molar-refractivity contribution is -0.385. The van der Waals surface area contributed by atoms with Crippen LogP contribution in [0.2, 0.25) is 0 Å². The first kappa shape index (κ1) is 12.3. The van der Waals surface area contributed by atoms with E-state index in [1.54, 1.807) is 0 Å². The Morgan fingerprint density at radius 1 is 1.37 bits per heavy atom. The van der Waals surface area contributed by atoms with Crippen molar-refractivity contribution in [2.45, 2.75) is 31.3 Å². The second-order valence-corrected chi connectivity index (χ2v) is 5.28. The summed E-state index contributed by atoms with van der Waals surface area (Å²) in [5, 5.41) is 13.7. The molecule has 1 aromatic rings. The molecule has 1 saturated carbocycles. The molecule has 2 fully saturated rings. The van der Waals surface area contributed by atoms with E-state index in [2.05, 4.69) is 10.2 Å². The lowest BCUT2D eigenvalue weighted by Crippen LogP contribution is -2.27. The molecule has 0 aromatic heterocycles. The first-order valence-corrected chi connectivity index (χ1v) is 6.58. The third-order valence-electron chi connectivity index (χ3n) is 3.81. The van der Waals surface area contributed by atoms with E-state index in [1.807, 2.05) is 0 Å². The minimum atomic E-state index is -0.586. The summed E-state index contributed by atoms with van der Waals surface area (Å²) in [6.07, 6.45) is 3.55.